The molecule has 0 aromatic heterocycles. The van der Waals surface area contributed by atoms with E-state index in [1.54, 1.807) is 0 Å². The molecule has 0 bridgehead atoms. The highest BCUT2D eigenvalue weighted by Gasteiger charge is 2.33. The summed E-state index contributed by atoms with van der Waals surface area (Å²) >= 11 is 17.2. The summed E-state index contributed by atoms with van der Waals surface area (Å²) in [6.07, 6.45) is 3.00. The Morgan fingerprint density at radius 3 is 2.41 bits per heavy atom. The minimum atomic E-state index is -1.61. The number of carbonyl (C=O) groups excluding carboxylic acids is 1. The first-order valence-corrected chi connectivity index (χ1v) is 6.69. The molecule has 0 rings (SSSR count). The highest BCUT2D eigenvalue weighted by atomic mass is 35.6. The van der Waals surface area contributed by atoms with E-state index in [0.717, 1.165) is 19.3 Å². The van der Waals surface area contributed by atoms with E-state index < -0.39 is 16.1 Å². The summed E-state index contributed by atoms with van der Waals surface area (Å²) in [4.78, 5) is 11.1. The van der Waals surface area contributed by atoms with Crippen molar-refractivity contribution < 1.29 is 9.53 Å². The predicted octanol–water partition coefficient (Wildman–Crippen LogP) is 3.21. The molecule has 0 spiro atoms. The molecule has 0 radical (unpaired) electrons. The summed E-state index contributed by atoms with van der Waals surface area (Å²) in [7, 11) is 1.26. The lowest BCUT2D eigenvalue weighted by molar-refractivity contribution is 0.164. The van der Waals surface area contributed by atoms with Gasteiger partial charge in [0.25, 0.3) is 0 Å². The van der Waals surface area contributed by atoms with Crippen LogP contribution in [0.25, 0.3) is 0 Å². The van der Waals surface area contributed by atoms with Crippen molar-refractivity contribution in [2.75, 3.05) is 13.7 Å². The molecule has 0 fully saturated rings. The zero-order chi connectivity index (χ0) is 13.3. The number of unbranched alkanes of at least 4 members (excludes halogenated alkanes) is 3. The van der Waals surface area contributed by atoms with Crippen molar-refractivity contribution in [2.24, 2.45) is 0 Å². The van der Waals surface area contributed by atoms with Crippen LogP contribution in [0.15, 0.2) is 0 Å². The maximum atomic E-state index is 11.1. The van der Waals surface area contributed by atoms with Crippen LogP contribution >= 0.6 is 34.8 Å². The van der Waals surface area contributed by atoms with Gasteiger partial charge in [0.15, 0.2) is 0 Å². The maximum Gasteiger partial charge on any atom is 0.408 e. The lowest BCUT2D eigenvalue weighted by Gasteiger charge is -2.25. The molecule has 4 nitrogen and oxygen atoms in total. The average Bonchev–Trinajstić information content (AvgIpc) is 2.25. The quantitative estimate of drug-likeness (QED) is 0.431. The van der Waals surface area contributed by atoms with Gasteiger partial charge in [0.2, 0.25) is 3.79 Å². The van der Waals surface area contributed by atoms with Crippen LogP contribution in [0.4, 0.5) is 4.79 Å². The molecule has 17 heavy (non-hydrogen) atoms. The molecule has 1 unspecified atom stereocenters. The van der Waals surface area contributed by atoms with E-state index in [-0.39, 0.29) is 0 Å². The van der Waals surface area contributed by atoms with Gasteiger partial charge < -0.3 is 10.1 Å². The Balaban J connectivity index is 3.99. The van der Waals surface area contributed by atoms with Gasteiger partial charge in [-0.1, -0.05) is 61.0 Å². The molecular formula is C10H19Cl3N2O2. The second-order valence-corrected chi connectivity index (χ2v) is 5.99. The van der Waals surface area contributed by atoms with Crippen LogP contribution in [0.5, 0.6) is 0 Å². The molecule has 2 N–H and O–H groups in total. The van der Waals surface area contributed by atoms with E-state index in [0.29, 0.717) is 6.54 Å². The van der Waals surface area contributed by atoms with Crippen molar-refractivity contribution in [2.45, 2.75) is 42.6 Å². The number of alkyl halides is 3. The zero-order valence-electron chi connectivity index (χ0n) is 10.1. The van der Waals surface area contributed by atoms with Gasteiger partial charge >= 0.3 is 6.09 Å². The lowest BCUT2D eigenvalue weighted by atomic mass is 10.2. The van der Waals surface area contributed by atoms with Crippen molar-refractivity contribution in [3.05, 3.63) is 0 Å². The van der Waals surface area contributed by atoms with E-state index >= 15 is 0 Å². The normalized spacial score (nSPS) is 13.2. The van der Waals surface area contributed by atoms with Crippen molar-refractivity contribution >= 4 is 40.9 Å². The summed E-state index contributed by atoms with van der Waals surface area (Å²) in [6.45, 7) is 2.80. The second-order valence-electron chi connectivity index (χ2n) is 3.63. The predicted molar refractivity (Wildman–Crippen MR) is 71.8 cm³/mol. The Morgan fingerprint density at radius 2 is 1.94 bits per heavy atom. The Labute approximate surface area is 117 Å². The summed E-state index contributed by atoms with van der Waals surface area (Å²) in [5, 5.41) is 5.41. The molecule has 0 aromatic carbocycles. The van der Waals surface area contributed by atoms with E-state index in [4.69, 9.17) is 34.8 Å². The van der Waals surface area contributed by atoms with Crippen LogP contribution in [0.3, 0.4) is 0 Å². The molecule has 0 aliphatic heterocycles. The van der Waals surface area contributed by atoms with Gasteiger partial charge in [-0.2, -0.15) is 0 Å². The summed E-state index contributed by atoms with van der Waals surface area (Å²) in [5.74, 6) is 0. The van der Waals surface area contributed by atoms with Gasteiger partial charge in [-0.3, -0.25) is 5.32 Å². The number of methoxy groups -OCH3 is 1. The molecule has 7 heteroatoms. The summed E-state index contributed by atoms with van der Waals surface area (Å²) in [6, 6.07) is 0. The highest BCUT2D eigenvalue weighted by Crippen LogP contribution is 2.29. The number of rotatable bonds is 7. The number of nitrogens with one attached hydrogen (secondary N) is 2. The molecule has 1 amide bonds. The van der Waals surface area contributed by atoms with Crippen molar-refractivity contribution in [1.29, 1.82) is 0 Å². The van der Waals surface area contributed by atoms with Crippen LogP contribution in [-0.4, -0.2) is 29.7 Å². The topological polar surface area (TPSA) is 50.4 Å². The summed E-state index contributed by atoms with van der Waals surface area (Å²) in [5.41, 5.74) is 0. The van der Waals surface area contributed by atoms with Crippen molar-refractivity contribution in [3.8, 4) is 0 Å². The second kappa shape index (κ2) is 9.09. The molecule has 0 saturated heterocycles. The first kappa shape index (κ1) is 17.1. The van der Waals surface area contributed by atoms with Crippen molar-refractivity contribution in [1.82, 2.24) is 10.6 Å². The molecule has 0 saturated carbocycles. The Bertz CT molecular complexity index is 222. The molecule has 0 aliphatic rings. The van der Waals surface area contributed by atoms with Crippen LogP contribution in [0.1, 0.15) is 32.6 Å². The Kier molecular flexibility index (Phi) is 9.14. The summed E-state index contributed by atoms with van der Waals surface area (Å²) < 4.78 is 2.84. The lowest BCUT2D eigenvalue weighted by Crippen LogP contribution is -2.53. The fourth-order valence-corrected chi connectivity index (χ4v) is 1.62. The van der Waals surface area contributed by atoms with E-state index in [1.165, 1.54) is 13.5 Å². The fourth-order valence-electron chi connectivity index (χ4n) is 1.22. The molecule has 0 aromatic rings. The van der Waals surface area contributed by atoms with Gasteiger partial charge in [-0.25, -0.2) is 4.79 Å². The largest absolute Gasteiger partial charge is 0.453 e. The van der Waals surface area contributed by atoms with Crippen LogP contribution in [0.2, 0.25) is 0 Å². The van der Waals surface area contributed by atoms with Gasteiger partial charge in [0.1, 0.15) is 6.17 Å². The number of hydrogen-bond acceptors (Lipinski definition) is 3. The number of hydrogen-bond donors (Lipinski definition) is 2. The molecule has 102 valence electrons. The third kappa shape index (κ3) is 8.77. The first-order valence-electron chi connectivity index (χ1n) is 5.56. The molecule has 0 aliphatic carbocycles. The highest BCUT2D eigenvalue weighted by molar-refractivity contribution is 6.68. The minimum absolute atomic E-state index is 0.637. The van der Waals surface area contributed by atoms with E-state index in [2.05, 4.69) is 22.3 Å². The third-order valence-corrected chi connectivity index (χ3v) is 2.81. The van der Waals surface area contributed by atoms with Gasteiger partial charge in [0, 0.05) is 0 Å². The van der Waals surface area contributed by atoms with Crippen LogP contribution < -0.4 is 10.6 Å². The fraction of sp³-hybridized carbons (Fsp3) is 0.900. The number of ether oxygens (including phenoxy) is 1. The number of amides is 1. The average molecular weight is 306 g/mol. The Morgan fingerprint density at radius 1 is 1.29 bits per heavy atom. The number of carbonyl (C=O) groups is 1. The third-order valence-electron chi connectivity index (χ3n) is 2.15. The van der Waals surface area contributed by atoms with Gasteiger partial charge in [-0.15, -0.1) is 0 Å². The SMILES string of the molecule is CCCCCCNC(NC(=O)OC)C(Cl)(Cl)Cl. The monoisotopic (exact) mass is 304 g/mol. The van der Waals surface area contributed by atoms with Gasteiger partial charge in [-0.05, 0) is 13.0 Å². The maximum absolute atomic E-state index is 11.1. The molecular weight excluding hydrogens is 286 g/mol. The van der Waals surface area contributed by atoms with Crippen LogP contribution in [0, 0.1) is 0 Å². The van der Waals surface area contributed by atoms with Gasteiger partial charge in [0.05, 0.1) is 7.11 Å². The first-order chi connectivity index (χ1) is 7.91. The molecule has 1 atom stereocenters. The van der Waals surface area contributed by atoms with E-state index in [1.807, 2.05) is 0 Å². The standard InChI is InChI=1S/C10H19Cl3N2O2/c1-3-4-5-6-7-14-8(10(11,12)13)15-9(16)17-2/h8,14H,3-7H2,1-2H3,(H,15,16). The smallest absolute Gasteiger partial charge is 0.408 e. The minimum Gasteiger partial charge on any atom is -0.453 e. The van der Waals surface area contributed by atoms with E-state index in [9.17, 15) is 4.79 Å². The van der Waals surface area contributed by atoms with Crippen molar-refractivity contribution in [3.63, 3.8) is 0 Å². The zero-order valence-corrected chi connectivity index (χ0v) is 12.3. The van der Waals surface area contributed by atoms with Crippen LogP contribution in [-0.2, 0) is 4.74 Å². The Hall–Kier alpha value is 0.1000. The number of halogens is 3. The molecule has 0 heterocycles. The number of alkyl carbamates (subject to hydrolysis) is 1.